The van der Waals surface area contributed by atoms with Gasteiger partial charge in [-0.3, -0.25) is 0 Å². The maximum Gasteiger partial charge on any atom is 0.149 e. The molecule has 7 nitrogen and oxygen atoms in total. The number of pyridine rings is 1. The maximum absolute atomic E-state index is 5.82. The van der Waals surface area contributed by atoms with Crippen LogP contribution >= 0.6 is 0 Å². The lowest BCUT2D eigenvalue weighted by Crippen LogP contribution is -2.28. The van der Waals surface area contributed by atoms with Gasteiger partial charge in [0.25, 0.3) is 0 Å². The topological polar surface area (TPSA) is 95.5 Å². The number of hydrogen-bond acceptors (Lipinski definition) is 7. The van der Waals surface area contributed by atoms with Crippen molar-refractivity contribution in [3.05, 3.63) is 24.7 Å². The summed E-state index contributed by atoms with van der Waals surface area (Å²) in [5, 5.41) is 6.60. The SMILES string of the molecule is CN1C=CN(CCCNCCNc2ncc(N)cc2N)C1. The molecule has 0 saturated heterocycles. The summed E-state index contributed by atoms with van der Waals surface area (Å²) >= 11 is 0. The van der Waals surface area contributed by atoms with Crippen LogP contribution in [0.2, 0.25) is 0 Å². The van der Waals surface area contributed by atoms with Crippen molar-refractivity contribution < 1.29 is 0 Å². The molecule has 6 N–H and O–H groups in total. The van der Waals surface area contributed by atoms with Crippen molar-refractivity contribution in [3.8, 4) is 0 Å². The van der Waals surface area contributed by atoms with Gasteiger partial charge in [-0.1, -0.05) is 0 Å². The highest BCUT2D eigenvalue weighted by molar-refractivity contribution is 5.65. The molecule has 0 spiro atoms. The fourth-order valence-corrected chi connectivity index (χ4v) is 2.18. The van der Waals surface area contributed by atoms with E-state index >= 15 is 0 Å². The molecule has 1 aliphatic rings. The average molecular weight is 291 g/mol. The first-order valence-corrected chi connectivity index (χ1v) is 7.23. The van der Waals surface area contributed by atoms with Gasteiger partial charge in [0.15, 0.2) is 0 Å². The summed E-state index contributed by atoms with van der Waals surface area (Å²) in [5.41, 5.74) is 12.6. The molecule has 0 fully saturated rings. The van der Waals surface area contributed by atoms with Crippen LogP contribution in [0.15, 0.2) is 24.7 Å². The number of nitrogens with two attached hydrogens (primary N) is 2. The van der Waals surface area contributed by atoms with E-state index in [0.717, 1.165) is 39.3 Å². The molecular weight excluding hydrogens is 266 g/mol. The van der Waals surface area contributed by atoms with Crippen LogP contribution in [0.1, 0.15) is 6.42 Å². The molecule has 0 aromatic carbocycles. The highest BCUT2D eigenvalue weighted by Crippen LogP contribution is 2.16. The molecule has 2 rings (SSSR count). The summed E-state index contributed by atoms with van der Waals surface area (Å²) in [7, 11) is 2.08. The molecule has 1 aromatic heterocycles. The van der Waals surface area contributed by atoms with Crippen molar-refractivity contribution in [2.24, 2.45) is 0 Å². The van der Waals surface area contributed by atoms with Crippen molar-refractivity contribution in [1.82, 2.24) is 20.1 Å². The number of aromatic nitrogens is 1. The van der Waals surface area contributed by atoms with Crippen LogP contribution in [0.3, 0.4) is 0 Å². The van der Waals surface area contributed by atoms with Gasteiger partial charge in [-0.2, -0.15) is 0 Å². The molecular formula is C14H25N7. The van der Waals surface area contributed by atoms with Crippen LogP contribution in [0.5, 0.6) is 0 Å². The quantitative estimate of drug-likeness (QED) is 0.512. The Kier molecular flexibility index (Phi) is 5.51. The van der Waals surface area contributed by atoms with Crippen molar-refractivity contribution in [2.45, 2.75) is 6.42 Å². The van der Waals surface area contributed by atoms with Gasteiger partial charge in [-0.05, 0) is 19.0 Å². The normalized spacial score (nSPS) is 14.0. The second-order valence-electron chi connectivity index (χ2n) is 5.25. The van der Waals surface area contributed by atoms with Gasteiger partial charge < -0.3 is 31.9 Å². The minimum atomic E-state index is 0.581. The summed E-state index contributed by atoms with van der Waals surface area (Å²) in [5.74, 6) is 0.691. The summed E-state index contributed by atoms with van der Waals surface area (Å²) in [6.07, 6.45) is 6.96. The monoisotopic (exact) mass is 291 g/mol. The van der Waals surface area contributed by atoms with Crippen LogP contribution < -0.4 is 22.1 Å². The van der Waals surface area contributed by atoms with Crippen molar-refractivity contribution in [1.29, 1.82) is 0 Å². The fraction of sp³-hybridized carbons (Fsp3) is 0.500. The Labute approximate surface area is 126 Å². The van der Waals surface area contributed by atoms with E-state index in [0.29, 0.717) is 17.2 Å². The minimum absolute atomic E-state index is 0.581. The standard InChI is InChI=1S/C14H25N7/c1-20-7-8-21(11-20)6-2-3-17-4-5-18-14-13(16)9-12(15)10-19-14/h7-10,17H,2-6,11,15-16H2,1H3,(H,18,19). The maximum atomic E-state index is 5.82. The molecule has 1 aromatic rings. The second kappa shape index (κ2) is 7.58. The predicted octanol–water partition coefficient (Wildman–Crippen LogP) is 0.314. The van der Waals surface area contributed by atoms with Crippen molar-refractivity contribution >= 4 is 17.2 Å². The van der Waals surface area contributed by atoms with E-state index in [1.165, 1.54) is 0 Å². The van der Waals surface area contributed by atoms with Gasteiger partial charge >= 0.3 is 0 Å². The molecule has 7 heteroatoms. The molecule has 0 radical (unpaired) electrons. The molecule has 0 amide bonds. The molecule has 21 heavy (non-hydrogen) atoms. The third-order valence-electron chi connectivity index (χ3n) is 3.27. The summed E-state index contributed by atoms with van der Waals surface area (Å²) in [6, 6.07) is 1.71. The number of hydrogen-bond donors (Lipinski definition) is 4. The summed E-state index contributed by atoms with van der Waals surface area (Å²) in [6.45, 7) is 4.73. The zero-order valence-corrected chi connectivity index (χ0v) is 12.5. The number of nitrogens with one attached hydrogen (secondary N) is 2. The lowest BCUT2D eigenvalue weighted by molar-refractivity contribution is 0.293. The zero-order chi connectivity index (χ0) is 15.1. The molecule has 0 atom stereocenters. The van der Waals surface area contributed by atoms with E-state index in [4.69, 9.17) is 11.5 Å². The van der Waals surface area contributed by atoms with E-state index in [-0.39, 0.29) is 0 Å². The van der Waals surface area contributed by atoms with Gasteiger partial charge in [-0.25, -0.2) is 4.98 Å². The van der Waals surface area contributed by atoms with Gasteiger partial charge in [0.2, 0.25) is 0 Å². The van der Waals surface area contributed by atoms with Gasteiger partial charge in [0.1, 0.15) is 5.82 Å². The number of rotatable bonds is 8. The largest absolute Gasteiger partial charge is 0.397 e. The molecule has 1 aliphatic heterocycles. The zero-order valence-electron chi connectivity index (χ0n) is 12.5. The van der Waals surface area contributed by atoms with Gasteiger partial charge in [0, 0.05) is 39.1 Å². The number of nitrogens with zero attached hydrogens (tertiary/aromatic N) is 3. The Morgan fingerprint density at radius 1 is 1.24 bits per heavy atom. The van der Waals surface area contributed by atoms with Crippen LogP contribution in [0.4, 0.5) is 17.2 Å². The third-order valence-corrected chi connectivity index (χ3v) is 3.27. The summed E-state index contributed by atoms with van der Waals surface area (Å²) in [4.78, 5) is 8.64. The Morgan fingerprint density at radius 3 is 2.81 bits per heavy atom. The van der Waals surface area contributed by atoms with E-state index in [1.807, 2.05) is 0 Å². The number of anilines is 3. The van der Waals surface area contributed by atoms with Gasteiger partial charge in [0.05, 0.1) is 24.2 Å². The van der Waals surface area contributed by atoms with Crippen LogP contribution in [-0.2, 0) is 0 Å². The third kappa shape index (κ3) is 5.03. The Morgan fingerprint density at radius 2 is 2.10 bits per heavy atom. The van der Waals surface area contributed by atoms with Crippen molar-refractivity contribution in [3.63, 3.8) is 0 Å². The van der Waals surface area contributed by atoms with E-state index in [1.54, 1.807) is 12.3 Å². The van der Waals surface area contributed by atoms with E-state index < -0.39 is 0 Å². The van der Waals surface area contributed by atoms with Crippen molar-refractivity contribution in [2.75, 3.05) is 56.7 Å². The molecule has 0 aliphatic carbocycles. The molecule has 0 saturated carbocycles. The molecule has 2 heterocycles. The van der Waals surface area contributed by atoms with Crippen LogP contribution in [0.25, 0.3) is 0 Å². The Bertz CT molecular complexity index is 474. The molecule has 0 unspecified atom stereocenters. The van der Waals surface area contributed by atoms with E-state index in [2.05, 4.69) is 44.9 Å². The second-order valence-corrected chi connectivity index (χ2v) is 5.25. The van der Waals surface area contributed by atoms with Crippen LogP contribution in [-0.4, -0.2) is 54.7 Å². The first-order valence-electron chi connectivity index (χ1n) is 7.23. The fourth-order valence-electron chi connectivity index (χ4n) is 2.18. The smallest absolute Gasteiger partial charge is 0.149 e. The lowest BCUT2D eigenvalue weighted by atomic mass is 10.3. The van der Waals surface area contributed by atoms with E-state index in [9.17, 15) is 0 Å². The minimum Gasteiger partial charge on any atom is -0.397 e. The highest BCUT2D eigenvalue weighted by atomic mass is 15.3. The first-order chi connectivity index (χ1) is 10.1. The highest BCUT2D eigenvalue weighted by Gasteiger charge is 2.06. The lowest BCUT2D eigenvalue weighted by Gasteiger charge is -2.18. The van der Waals surface area contributed by atoms with Gasteiger partial charge in [-0.15, -0.1) is 0 Å². The Balaban J connectivity index is 1.51. The predicted molar refractivity (Wildman–Crippen MR) is 87.5 cm³/mol. The average Bonchev–Trinajstić information content (AvgIpc) is 2.85. The molecule has 0 bridgehead atoms. The summed E-state index contributed by atoms with van der Waals surface area (Å²) < 4.78 is 0. The van der Waals surface area contributed by atoms with Crippen LogP contribution in [0, 0.1) is 0 Å². The molecule has 116 valence electrons. The first kappa shape index (κ1) is 15.2. The Hall–Kier alpha value is -2.15. The number of nitrogen functional groups attached to an aromatic ring is 2.